The Morgan fingerprint density at radius 1 is 1.17 bits per heavy atom. The van der Waals surface area contributed by atoms with Crippen molar-refractivity contribution < 1.29 is 27.9 Å². The number of nitrogens with one attached hydrogen (secondary N) is 1. The Morgan fingerprint density at radius 3 is 2.41 bits per heavy atom. The first-order chi connectivity index (χ1) is 13.5. The Bertz CT molecular complexity index is 1060. The maximum Gasteiger partial charge on any atom is 0.307 e. The first-order valence-corrected chi connectivity index (χ1v) is 10.4. The molecule has 0 aromatic heterocycles. The van der Waals surface area contributed by atoms with Crippen LogP contribution in [0, 0.1) is 0 Å². The summed E-state index contributed by atoms with van der Waals surface area (Å²) in [5.74, 6) is -0.736. The van der Waals surface area contributed by atoms with Gasteiger partial charge in [0.2, 0.25) is 5.91 Å². The fourth-order valence-corrected chi connectivity index (χ4v) is 4.20. The molecule has 1 heterocycles. The number of carboxylic acid groups (broad SMARTS) is 1. The average Bonchev–Trinajstić information content (AvgIpc) is 2.60. The Balaban J connectivity index is 1.89. The number of carbonyl (C=O) groups excluding carboxylic acids is 1. The molecule has 0 atom stereocenters. The second-order valence-corrected chi connectivity index (χ2v) is 9.15. The molecule has 0 radical (unpaired) electrons. The Kier molecular flexibility index (Phi) is 5.27. The third kappa shape index (κ3) is 4.68. The van der Waals surface area contributed by atoms with Crippen molar-refractivity contribution in [2.75, 3.05) is 16.2 Å². The molecule has 2 N–H and O–H groups in total. The highest BCUT2D eigenvalue weighted by molar-refractivity contribution is 7.92. The van der Waals surface area contributed by atoms with Crippen LogP contribution in [0.25, 0.3) is 0 Å². The smallest absolute Gasteiger partial charge is 0.307 e. The van der Waals surface area contributed by atoms with Gasteiger partial charge in [-0.05, 0) is 49.7 Å². The number of carboxylic acids is 1. The SMILES string of the molecule is CC(=O)N1CC(C)(C)Oc2ccc(S(=O)(=O)Nc3ccc(CC(=O)O)cc3)cc21. The van der Waals surface area contributed by atoms with Crippen LogP contribution >= 0.6 is 0 Å². The molecule has 0 bridgehead atoms. The first-order valence-electron chi connectivity index (χ1n) is 8.92. The molecule has 0 saturated carbocycles. The summed E-state index contributed by atoms with van der Waals surface area (Å²) < 4.78 is 33.9. The number of hydrogen-bond donors (Lipinski definition) is 2. The minimum atomic E-state index is -3.92. The lowest BCUT2D eigenvalue weighted by Crippen LogP contribution is -2.48. The van der Waals surface area contributed by atoms with E-state index in [4.69, 9.17) is 9.84 Å². The van der Waals surface area contributed by atoms with E-state index in [0.717, 1.165) is 0 Å². The largest absolute Gasteiger partial charge is 0.484 e. The molecule has 9 heteroatoms. The van der Waals surface area contributed by atoms with E-state index in [1.165, 1.54) is 42.2 Å². The van der Waals surface area contributed by atoms with E-state index in [0.29, 0.717) is 29.2 Å². The number of benzene rings is 2. The molecule has 3 rings (SSSR count). The fourth-order valence-electron chi connectivity index (χ4n) is 3.12. The molecule has 1 aliphatic rings. The zero-order valence-electron chi connectivity index (χ0n) is 16.3. The molecule has 29 heavy (non-hydrogen) atoms. The predicted octanol–water partition coefficient (Wildman–Crippen LogP) is 2.64. The minimum absolute atomic E-state index is 0.0135. The van der Waals surface area contributed by atoms with Gasteiger partial charge in [-0.3, -0.25) is 14.3 Å². The molecular formula is C20H22N2O6S. The summed E-state index contributed by atoms with van der Waals surface area (Å²) >= 11 is 0. The highest BCUT2D eigenvalue weighted by Crippen LogP contribution is 2.38. The van der Waals surface area contributed by atoms with Crippen LogP contribution in [0.5, 0.6) is 5.75 Å². The number of aliphatic carboxylic acids is 1. The number of hydrogen-bond acceptors (Lipinski definition) is 5. The number of rotatable bonds is 5. The van der Waals surface area contributed by atoms with E-state index < -0.39 is 21.6 Å². The highest BCUT2D eigenvalue weighted by atomic mass is 32.2. The van der Waals surface area contributed by atoms with Gasteiger partial charge in [-0.2, -0.15) is 0 Å². The quantitative estimate of drug-likeness (QED) is 0.772. The zero-order valence-corrected chi connectivity index (χ0v) is 17.1. The number of amides is 1. The maximum atomic E-state index is 12.8. The molecule has 154 valence electrons. The van der Waals surface area contributed by atoms with Crippen molar-refractivity contribution in [3.05, 3.63) is 48.0 Å². The predicted molar refractivity (Wildman–Crippen MR) is 108 cm³/mol. The van der Waals surface area contributed by atoms with E-state index in [1.807, 2.05) is 13.8 Å². The van der Waals surface area contributed by atoms with Crippen LogP contribution in [0.3, 0.4) is 0 Å². The minimum Gasteiger partial charge on any atom is -0.484 e. The molecule has 0 aliphatic carbocycles. The van der Waals surface area contributed by atoms with E-state index >= 15 is 0 Å². The summed E-state index contributed by atoms with van der Waals surface area (Å²) in [5, 5.41) is 8.81. The van der Waals surface area contributed by atoms with Gasteiger partial charge in [-0.15, -0.1) is 0 Å². The summed E-state index contributed by atoms with van der Waals surface area (Å²) in [6.07, 6.45) is -0.144. The molecule has 0 saturated heterocycles. The van der Waals surface area contributed by atoms with Gasteiger partial charge in [0.15, 0.2) is 0 Å². The van der Waals surface area contributed by atoms with Crippen molar-refractivity contribution >= 4 is 33.3 Å². The van der Waals surface area contributed by atoms with Crippen LogP contribution in [0.4, 0.5) is 11.4 Å². The number of anilines is 2. The van der Waals surface area contributed by atoms with Crippen molar-refractivity contribution in [3.63, 3.8) is 0 Å². The van der Waals surface area contributed by atoms with Crippen LogP contribution in [0.2, 0.25) is 0 Å². The van der Waals surface area contributed by atoms with Gasteiger partial charge in [0.25, 0.3) is 10.0 Å². The molecule has 0 fully saturated rings. The normalized spacial score (nSPS) is 15.2. The van der Waals surface area contributed by atoms with Gasteiger partial charge in [0.1, 0.15) is 11.4 Å². The standard InChI is InChI=1S/C20H22N2O6S/c1-13(23)22-12-20(2,3)28-18-9-8-16(11-17(18)22)29(26,27)21-15-6-4-14(5-7-15)10-19(24)25/h4-9,11,21H,10,12H2,1-3H3,(H,24,25). The van der Waals surface area contributed by atoms with Gasteiger partial charge in [0, 0.05) is 12.6 Å². The van der Waals surface area contributed by atoms with Crippen molar-refractivity contribution in [1.29, 1.82) is 0 Å². The Morgan fingerprint density at radius 2 is 1.83 bits per heavy atom. The van der Waals surface area contributed by atoms with Crippen LogP contribution in [-0.4, -0.2) is 37.5 Å². The number of nitrogens with zero attached hydrogens (tertiary/aromatic N) is 1. The number of ether oxygens (including phenoxy) is 1. The summed E-state index contributed by atoms with van der Waals surface area (Å²) in [6, 6.07) is 10.5. The van der Waals surface area contributed by atoms with E-state index in [-0.39, 0.29) is 17.2 Å². The van der Waals surface area contributed by atoms with Crippen LogP contribution in [0.1, 0.15) is 26.3 Å². The molecule has 0 spiro atoms. The first kappa shape index (κ1) is 20.7. The van der Waals surface area contributed by atoms with Crippen molar-refractivity contribution in [2.24, 2.45) is 0 Å². The fraction of sp³-hybridized carbons (Fsp3) is 0.300. The third-order valence-corrected chi connectivity index (χ3v) is 5.78. The Hall–Kier alpha value is -3.07. The van der Waals surface area contributed by atoms with Gasteiger partial charge in [-0.1, -0.05) is 12.1 Å². The average molecular weight is 418 g/mol. The van der Waals surface area contributed by atoms with E-state index in [1.54, 1.807) is 12.1 Å². The highest BCUT2D eigenvalue weighted by Gasteiger charge is 2.34. The molecule has 2 aromatic rings. The van der Waals surface area contributed by atoms with E-state index in [2.05, 4.69) is 4.72 Å². The Labute approximate surface area is 169 Å². The van der Waals surface area contributed by atoms with Gasteiger partial charge in [-0.25, -0.2) is 8.42 Å². The molecule has 0 unspecified atom stereocenters. The maximum absolute atomic E-state index is 12.8. The number of sulfonamides is 1. The van der Waals surface area contributed by atoms with Crippen LogP contribution in [0.15, 0.2) is 47.4 Å². The number of fused-ring (bicyclic) bond motifs is 1. The topological polar surface area (TPSA) is 113 Å². The molecule has 1 amide bonds. The monoisotopic (exact) mass is 418 g/mol. The van der Waals surface area contributed by atoms with Gasteiger partial charge < -0.3 is 14.7 Å². The molecule has 2 aromatic carbocycles. The summed E-state index contributed by atoms with van der Waals surface area (Å²) in [6.45, 7) is 5.43. The lowest BCUT2D eigenvalue weighted by atomic mass is 10.1. The number of carbonyl (C=O) groups is 2. The second kappa shape index (κ2) is 7.40. The summed E-state index contributed by atoms with van der Waals surface area (Å²) in [5.41, 5.74) is 0.676. The van der Waals surface area contributed by atoms with Crippen molar-refractivity contribution in [3.8, 4) is 5.75 Å². The van der Waals surface area contributed by atoms with Crippen LogP contribution in [-0.2, 0) is 26.0 Å². The lowest BCUT2D eigenvalue weighted by Gasteiger charge is -2.39. The van der Waals surface area contributed by atoms with Gasteiger partial charge in [0.05, 0.1) is 23.5 Å². The van der Waals surface area contributed by atoms with Crippen molar-refractivity contribution in [1.82, 2.24) is 0 Å². The summed E-state index contributed by atoms with van der Waals surface area (Å²) in [7, 11) is -3.92. The molecular weight excluding hydrogens is 396 g/mol. The van der Waals surface area contributed by atoms with Crippen molar-refractivity contribution in [2.45, 2.75) is 37.7 Å². The van der Waals surface area contributed by atoms with Crippen LogP contribution < -0.4 is 14.4 Å². The molecule has 1 aliphatic heterocycles. The lowest BCUT2D eigenvalue weighted by molar-refractivity contribution is -0.136. The third-order valence-electron chi connectivity index (χ3n) is 4.40. The zero-order chi connectivity index (χ0) is 21.4. The molecule has 8 nitrogen and oxygen atoms in total. The summed E-state index contributed by atoms with van der Waals surface area (Å²) in [4.78, 5) is 24.3. The second-order valence-electron chi connectivity index (χ2n) is 7.47. The van der Waals surface area contributed by atoms with Gasteiger partial charge >= 0.3 is 5.97 Å². The van der Waals surface area contributed by atoms with E-state index in [9.17, 15) is 18.0 Å².